The first-order chi connectivity index (χ1) is 18.8. The number of halogens is 1. The highest BCUT2D eigenvalue weighted by atomic mass is 79.9. The Hall–Kier alpha value is -3.49. The van der Waals surface area contributed by atoms with E-state index in [4.69, 9.17) is 4.74 Å². The molecule has 4 atom stereocenters. The molecule has 0 saturated heterocycles. The summed E-state index contributed by atoms with van der Waals surface area (Å²) in [5.41, 5.74) is 3.70. The number of anilines is 2. The predicted octanol–water partition coefficient (Wildman–Crippen LogP) is 6.01. The maximum absolute atomic E-state index is 14.0. The first kappa shape index (κ1) is 29.5. The lowest BCUT2D eigenvalue weighted by atomic mass is 9.61. The molecule has 210 valence electrons. The highest BCUT2D eigenvalue weighted by Crippen LogP contribution is 2.48. The van der Waals surface area contributed by atoms with E-state index in [1.807, 2.05) is 64.1 Å². The summed E-state index contributed by atoms with van der Waals surface area (Å²) in [5.74, 6) is -4.13. The highest BCUT2D eigenvalue weighted by molar-refractivity contribution is 9.10. The number of hydrogen-bond acceptors (Lipinski definition) is 5. The van der Waals surface area contributed by atoms with Gasteiger partial charge in [-0.15, -0.1) is 0 Å². The van der Waals surface area contributed by atoms with Gasteiger partial charge >= 0.3 is 0 Å². The van der Waals surface area contributed by atoms with Gasteiger partial charge in [-0.1, -0.05) is 30.3 Å². The lowest BCUT2D eigenvalue weighted by Crippen LogP contribution is -2.56. The second-order valence-corrected chi connectivity index (χ2v) is 11.8. The SMILES string of the molecule is COc1ccc(C2C(C(=O)Nc3cc(C)ccc3C)C(=O)CC(C)(O)C2C(=O)Nc2cc(C)ccc2C)cc1Br. The van der Waals surface area contributed by atoms with Crippen LogP contribution in [0.1, 0.15) is 47.1 Å². The Morgan fingerprint density at radius 2 is 1.45 bits per heavy atom. The van der Waals surface area contributed by atoms with Crippen LogP contribution < -0.4 is 15.4 Å². The highest BCUT2D eigenvalue weighted by Gasteiger charge is 2.56. The van der Waals surface area contributed by atoms with Crippen LogP contribution in [0, 0.1) is 39.5 Å². The number of benzene rings is 3. The minimum absolute atomic E-state index is 0.337. The molecule has 7 nitrogen and oxygen atoms in total. The molecular weight excluding hydrogens is 572 g/mol. The minimum Gasteiger partial charge on any atom is -0.496 e. The Bertz CT molecular complexity index is 1480. The number of aryl methyl sites for hydroxylation is 4. The number of ether oxygens (including phenoxy) is 1. The summed E-state index contributed by atoms with van der Waals surface area (Å²) in [5, 5.41) is 17.5. The molecule has 0 radical (unpaired) electrons. The monoisotopic (exact) mass is 606 g/mol. The summed E-state index contributed by atoms with van der Waals surface area (Å²) in [6.45, 7) is 9.10. The number of Topliss-reactive ketones (excluding diaryl/α,β-unsaturated/α-hetero) is 1. The number of hydrogen-bond donors (Lipinski definition) is 3. The molecule has 3 aromatic rings. The number of ketones is 1. The predicted molar refractivity (Wildman–Crippen MR) is 160 cm³/mol. The molecule has 2 amide bonds. The molecule has 3 aromatic carbocycles. The van der Waals surface area contributed by atoms with Gasteiger partial charge in [0.05, 0.1) is 23.1 Å². The molecular formula is C32H35BrN2O5. The number of nitrogens with one attached hydrogen (secondary N) is 2. The first-order valence-electron chi connectivity index (χ1n) is 13.2. The second kappa shape index (κ2) is 11.6. The van der Waals surface area contributed by atoms with Gasteiger partial charge < -0.3 is 20.5 Å². The summed E-state index contributed by atoms with van der Waals surface area (Å²) in [6.07, 6.45) is -0.337. The molecule has 0 aliphatic heterocycles. The average Bonchev–Trinajstić information content (AvgIpc) is 2.87. The van der Waals surface area contributed by atoms with Gasteiger partial charge in [0.1, 0.15) is 17.5 Å². The molecule has 1 aliphatic rings. The van der Waals surface area contributed by atoms with Gasteiger partial charge in [-0.2, -0.15) is 0 Å². The van der Waals surface area contributed by atoms with Crippen LogP contribution in [0.4, 0.5) is 11.4 Å². The summed E-state index contributed by atoms with van der Waals surface area (Å²) in [4.78, 5) is 41.5. The van der Waals surface area contributed by atoms with E-state index in [2.05, 4.69) is 26.6 Å². The zero-order valence-corrected chi connectivity index (χ0v) is 25.2. The van der Waals surface area contributed by atoms with Crippen molar-refractivity contribution < 1.29 is 24.2 Å². The largest absolute Gasteiger partial charge is 0.496 e. The zero-order chi connectivity index (χ0) is 29.4. The normalized spacial score (nSPS) is 22.5. The number of carbonyl (C=O) groups is 3. The Kier molecular flexibility index (Phi) is 8.52. The topological polar surface area (TPSA) is 105 Å². The average molecular weight is 608 g/mol. The summed E-state index contributed by atoms with van der Waals surface area (Å²) in [6, 6.07) is 16.6. The second-order valence-electron chi connectivity index (χ2n) is 11.0. The lowest BCUT2D eigenvalue weighted by Gasteiger charge is -2.44. The third-order valence-corrected chi connectivity index (χ3v) is 8.31. The summed E-state index contributed by atoms with van der Waals surface area (Å²) < 4.78 is 5.99. The van der Waals surface area contributed by atoms with Crippen LogP contribution in [0.5, 0.6) is 5.75 Å². The maximum atomic E-state index is 14.0. The van der Waals surface area contributed by atoms with Crippen molar-refractivity contribution in [2.45, 2.75) is 52.6 Å². The number of methoxy groups -OCH3 is 1. The summed E-state index contributed by atoms with van der Waals surface area (Å²) in [7, 11) is 1.54. The van der Waals surface area contributed by atoms with Crippen molar-refractivity contribution in [1.29, 1.82) is 0 Å². The van der Waals surface area contributed by atoms with E-state index in [0.29, 0.717) is 27.2 Å². The van der Waals surface area contributed by atoms with E-state index in [0.717, 1.165) is 22.3 Å². The van der Waals surface area contributed by atoms with Crippen LogP contribution in [-0.4, -0.2) is 35.4 Å². The van der Waals surface area contributed by atoms with Crippen LogP contribution in [0.2, 0.25) is 0 Å². The molecule has 0 heterocycles. The molecule has 1 aliphatic carbocycles. The Morgan fingerprint density at radius 1 is 0.900 bits per heavy atom. The van der Waals surface area contributed by atoms with Crippen LogP contribution in [0.3, 0.4) is 0 Å². The van der Waals surface area contributed by atoms with E-state index in [-0.39, 0.29) is 6.42 Å². The van der Waals surface area contributed by atoms with Crippen molar-refractivity contribution in [3.63, 3.8) is 0 Å². The zero-order valence-electron chi connectivity index (χ0n) is 23.6. The van der Waals surface area contributed by atoms with Gasteiger partial charge in [0.2, 0.25) is 11.8 Å². The molecule has 4 rings (SSSR count). The Labute approximate surface area is 243 Å². The van der Waals surface area contributed by atoms with Crippen molar-refractivity contribution in [3.8, 4) is 5.75 Å². The van der Waals surface area contributed by atoms with E-state index in [1.54, 1.807) is 18.2 Å². The standard InChI is InChI=1S/C32H35BrN2O5/c1-17-7-9-19(3)23(13-17)34-30(37)28-25(36)16-32(5,39)29(27(28)21-11-12-26(40-6)22(33)15-21)31(38)35-24-14-18(2)8-10-20(24)4/h7-15,27-29,39H,16H2,1-6H3,(H,34,37)(H,35,38). The van der Waals surface area contributed by atoms with Gasteiger partial charge in [0.25, 0.3) is 0 Å². The van der Waals surface area contributed by atoms with E-state index in [1.165, 1.54) is 14.0 Å². The van der Waals surface area contributed by atoms with Gasteiger partial charge in [-0.25, -0.2) is 0 Å². The van der Waals surface area contributed by atoms with Crippen LogP contribution >= 0.6 is 15.9 Å². The number of rotatable bonds is 6. The fourth-order valence-corrected chi connectivity index (χ4v) is 6.10. The van der Waals surface area contributed by atoms with Gasteiger partial charge in [0, 0.05) is 23.7 Å². The molecule has 0 bridgehead atoms. The van der Waals surface area contributed by atoms with E-state index >= 15 is 0 Å². The quantitative estimate of drug-likeness (QED) is 0.298. The fourth-order valence-electron chi connectivity index (χ4n) is 5.54. The third-order valence-electron chi connectivity index (χ3n) is 7.69. The van der Waals surface area contributed by atoms with E-state index in [9.17, 15) is 19.5 Å². The Balaban J connectivity index is 1.83. The smallest absolute Gasteiger partial charge is 0.235 e. The number of aliphatic hydroxyl groups is 1. The van der Waals surface area contributed by atoms with E-state index < -0.39 is 41.0 Å². The fraction of sp³-hybridized carbons (Fsp3) is 0.344. The van der Waals surface area contributed by atoms with Crippen molar-refractivity contribution in [2.75, 3.05) is 17.7 Å². The van der Waals surface area contributed by atoms with Crippen molar-refractivity contribution in [1.82, 2.24) is 0 Å². The minimum atomic E-state index is -1.70. The summed E-state index contributed by atoms with van der Waals surface area (Å²) >= 11 is 3.50. The van der Waals surface area contributed by atoms with Crippen LogP contribution in [-0.2, 0) is 14.4 Å². The molecule has 1 fully saturated rings. The lowest BCUT2D eigenvalue weighted by molar-refractivity contribution is -0.150. The molecule has 0 spiro atoms. The molecule has 40 heavy (non-hydrogen) atoms. The van der Waals surface area contributed by atoms with Crippen LogP contribution in [0.25, 0.3) is 0 Å². The van der Waals surface area contributed by atoms with Gasteiger partial charge in [-0.05, 0) is 103 Å². The molecule has 8 heteroatoms. The van der Waals surface area contributed by atoms with Crippen molar-refractivity contribution in [2.24, 2.45) is 11.8 Å². The molecule has 0 aromatic heterocycles. The van der Waals surface area contributed by atoms with Crippen LogP contribution in [0.15, 0.2) is 59.1 Å². The third kappa shape index (κ3) is 5.98. The number of amides is 2. The van der Waals surface area contributed by atoms with Crippen molar-refractivity contribution in [3.05, 3.63) is 86.9 Å². The van der Waals surface area contributed by atoms with Gasteiger partial charge in [0.15, 0.2) is 0 Å². The maximum Gasteiger partial charge on any atom is 0.235 e. The molecule has 3 N–H and O–H groups in total. The molecule has 1 saturated carbocycles. The first-order valence-corrected chi connectivity index (χ1v) is 14.0. The van der Waals surface area contributed by atoms with Gasteiger partial charge in [-0.3, -0.25) is 14.4 Å². The number of carbonyl (C=O) groups excluding carboxylic acids is 3. The Morgan fingerprint density at radius 3 is 1.98 bits per heavy atom. The molecule has 4 unspecified atom stereocenters. The van der Waals surface area contributed by atoms with Crippen molar-refractivity contribution >= 4 is 44.9 Å².